The fourth-order valence-electron chi connectivity index (χ4n) is 7.88. The van der Waals surface area contributed by atoms with Gasteiger partial charge in [-0.05, 0) is 72.1 Å². The molecule has 1 saturated heterocycles. The molecule has 6 rings (SSSR count). The zero-order chi connectivity index (χ0) is 39.8. The van der Waals surface area contributed by atoms with Crippen LogP contribution in [-0.2, 0) is 25.4 Å². The summed E-state index contributed by atoms with van der Waals surface area (Å²) in [5.41, 5.74) is 2.25. The second-order valence-electron chi connectivity index (χ2n) is 13.9. The molecule has 0 radical (unpaired) electrons. The highest BCUT2D eigenvalue weighted by molar-refractivity contribution is 6.73. The maximum atomic E-state index is 13.9. The molecular weight excluding hydrogens is 738 g/mol. The monoisotopic (exact) mass is 778 g/mol. The first-order valence-corrected chi connectivity index (χ1v) is 20.7. The Morgan fingerprint density at radius 2 is 1.69 bits per heavy atom. The molecule has 0 bridgehead atoms. The average molecular weight is 779 g/mol. The summed E-state index contributed by atoms with van der Waals surface area (Å²) in [5.74, 6) is -1.72. The van der Waals surface area contributed by atoms with Crippen LogP contribution in [0.4, 0.5) is 18.9 Å². The Bertz CT molecular complexity index is 2070. The Hall–Kier alpha value is -5.12. The Morgan fingerprint density at radius 3 is 2.33 bits per heavy atom. The standard InChI is InChI=1S/C40H41F3N2O9Si/c1-6-55(7-2,8-3)54-24(5)33-35-23(4)28(36(44(35)38(33)47)39(48)53-27-17-15-26(16-18-27)45(49)50)12-10-20-51-32-13-9-11-30-34(32)29-19-14-25(21-31(29)37(30)46)22-52-40(41,42)43/h9-19,21,23-24,33,35H,6-8,20,22H2,1-5H3/b12-10+/t23-,24+,33+,35+/m0/s1. The van der Waals surface area contributed by atoms with Crippen molar-refractivity contribution in [1.29, 1.82) is 0 Å². The van der Waals surface area contributed by atoms with Gasteiger partial charge in [-0.1, -0.05) is 58.0 Å². The molecule has 0 unspecified atom stereocenters. The van der Waals surface area contributed by atoms with Crippen molar-refractivity contribution in [3.05, 3.63) is 111 Å². The number of rotatable bonds is 15. The maximum absolute atomic E-state index is 13.9. The molecule has 3 aromatic rings. The van der Waals surface area contributed by atoms with Crippen molar-refractivity contribution in [2.24, 2.45) is 11.8 Å². The number of amides is 1. The largest absolute Gasteiger partial charge is 0.522 e. The van der Waals surface area contributed by atoms with E-state index in [2.05, 4.69) is 25.5 Å². The maximum Gasteiger partial charge on any atom is 0.522 e. The SMILES string of the molecule is CC[Si](CC)(CC)O[C@H](C)[C@H]1C(=O)N2C(C(=O)Oc3ccc([N+](=O)[O-])cc3)=C(/C=C/COc3cccc4c3-c3ccc(COC(F)(F)F)cc3C4=O)[C@H](C)[C@H]12. The van der Waals surface area contributed by atoms with Crippen molar-refractivity contribution < 1.29 is 51.1 Å². The number of nitro groups is 1. The second kappa shape index (κ2) is 15.6. The van der Waals surface area contributed by atoms with Crippen LogP contribution in [0.5, 0.6) is 11.5 Å². The molecule has 0 spiro atoms. The second-order valence-corrected chi connectivity index (χ2v) is 18.6. The normalized spacial score (nSPS) is 19.6. The predicted octanol–water partition coefficient (Wildman–Crippen LogP) is 8.52. The third kappa shape index (κ3) is 7.60. The van der Waals surface area contributed by atoms with Gasteiger partial charge in [-0.3, -0.25) is 24.4 Å². The van der Waals surface area contributed by atoms with E-state index in [1.165, 1.54) is 41.3 Å². The van der Waals surface area contributed by atoms with Crippen LogP contribution in [0.3, 0.4) is 0 Å². The lowest BCUT2D eigenvalue weighted by Crippen LogP contribution is -2.65. The number of ether oxygens (including phenoxy) is 3. The molecule has 1 fully saturated rings. The summed E-state index contributed by atoms with van der Waals surface area (Å²) >= 11 is 0. The number of esters is 1. The van der Waals surface area contributed by atoms with Gasteiger partial charge in [0.15, 0.2) is 14.1 Å². The van der Waals surface area contributed by atoms with Crippen LogP contribution >= 0.6 is 0 Å². The molecule has 11 nitrogen and oxygen atoms in total. The number of nitro benzene ring substituents is 1. The van der Waals surface area contributed by atoms with Crippen molar-refractivity contribution in [3.63, 3.8) is 0 Å². The molecule has 2 heterocycles. The first kappa shape index (κ1) is 39.6. The number of allylic oxidation sites excluding steroid dienone is 1. The first-order valence-electron chi connectivity index (χ1n) is 18.2. The van der Waals surface area contributed by atoms with E-state index in [-0.39, 0.29) is 64.6 Å². The number of halogens is 3. The third-order valence-electron chi connectivity index (χ3n) is 10.9. The Balaban J connectivity index is 1.25. The number of hydrogen-bond donors (Lipinski definition) is 0. The number of alkyl halides is 3. The third-order valence-corrected chi connectivity index (χ3v) is 15.7. The minimum absolute atomic E-state index is 0.00242. The summed E-state index contributed by atoms with van der Waals surface area (Å²) < 4.78 is 60.3. The van der Waals surface area contributed by atoms with Crippen LogP contribution in [-0.4, -0.2) is 60.9 Å². The number of hydrogen-bond acceptors (Lipinski definition) is 9. The van der Waals surface area contributed by atoms with Gasteiger partial charge in [0.1, 0.15) is 23.8 Å². The summed E-state index contributed by atoms with van der Waals surface area (Å²) in [6.07, 6.45) is -1.79. The zero-order valence-corrected chi connectivity index (χ0v) is 32.0. The number of carbonyl (C=O) groups excluding carboxylic acids is 3. The van der Waals surface area contributed by atoms with E-state index in [1.54, 1.807) is 36.4 Å². The first-order chi connectivity index (χ1) is 26.1. The lowest BCUT2D eigenvalue weighted by molar-refractivity contribution is -0.384. The minimum atomic E-state index is -4.81. The van der Waals surface area contributed by atoms with Crippen molar-refractivity contribution in [3.8, 4) is 22.6 Å². The van der Waals surface area contributed by atoms with Crippen LogP contribution in [0, 0.1) is 22.0 Å². The summed E-state index contributed by atoms with van der Waals surface area (Å²) in [5, 5.41) is 11.1. The van der Waals surface area contributed by atoms with Gasteiger partial charge in [0.2, 0.25) is 5.91 Å². The fourth-order valence-corrected chi connectivity index (χ4v) is 10.8. The summed E-state index contributed by atoms with van der Waals surface area (Å²) in [6.45, 7) is 9.47. The van der Waals surface area contributed by atoms with Crippen LogP contribution in [0.1, 0.15) is 56.1 Å². The topological polar surface area (TPSA) is 135 Å². The number of fused-ring (bicyclic) bond motifs is 4. The molecule has 55 heavy (non-hydrogen) atoms. The number of β-lactam (4-membered cyclic amide) rings is 1. The van der Waals surface area contributed by atoms with Crippen LogP contribution in [0.25, 0.3) is 11.1 Å². The molecule has 0 N–H and O–H groups in total. The smallest absolute Gasteiger partial charge is 0.489 e. The minimum Gasteiger partial charge on any atom is -0.489 e. The summed E-state index contributed by atoms with van der Waals surface area (Å²) in [4.78, 5) is 53.0. The van der Waals surface area contributed by atoms with Gasteiger partial charge in [0.25, 0.3) is 5.69 Å². The number of carbonyl (C=O) groups is 3. The predicted molar refractivity (Wildman–Crippen MR) is 198 cm³/mol. The van der Waals surface area contributed by atoms with Gasteiger partial charge in [-0.15, -0.1) is 13.2 Å². The van der Waals surface area contributed by atoms with Crippen LogP contribution < -0.4 is 9.47 Å². The molecule has 4 atom stereocenters. The van der Waals surface area contributed by atoms with Gasteiger partial charge < -0.3 is 18.8 Å². The van der Waals surface area contributed by atoms with Gasteiger partial charge in [-0.25, -0.2) is 4.79 Å². The van der Waals surface area contributed by atoms with Crippen molar-refractivity contribution in [1.82, 2.24) is 4.90 Å². The number of ketones is 1. The lowest BCUT2D eigenvalue weighted by Gasteiger charge is -2.49. The Labute approximate surface area is 317 Å². The number of benzene rings is 3. The van der Waals surface area contributed by atoms with E-state index < -0.39 is 38.1 Å². The molecule has 0 saturated carbocycles. The van der Waals surface area contributed by atoms with E-state index in [9.17, 15) is 37.7 Å². The van der Waals surface area contributed by atoms with E-state index in [0.717, 1.165) is 18.1 Å². The Kier molecular flexibility index (Phi) is 11.2. The zero-order valence-electron chi connectivity index (χ0n) is 31.0. The quantitative estimate of drug-likeness (QED) is 0.0291. The highest BCUT2D eigenvalue weighted by atomic mass is 28.4. The van der Waals surface area contributed by atoms with E-state index in [1.807, 2.05) is 13.8 Å². The highest BCUT2D eigenvalue weighted by Gasteiger charge is 2.60. The molecule has 1 aliphatic carbocycles. The summed E-state index contributed by atoms with van der Waals surface area (Å²) in [6, 6.07) is 16.8. The number of nitrogens with zero attached hydrogens (tertiary/aromatic N) is 2. The highest BCUT2D eigenvalue weighted by Crippen LogP contribution is 2.49. The molecule has 2 aliphatic heterocycles. The van der Waals surface area contributed by atoms with Gasteiger partial charge >= 0.3 is 12.3 Å². The molecule has 3 aliphatic rings. The molecule has 290 valence electrons. The van der Waals surface area contributed by atoms with Crippen LogP contribution in [0.15, 0.2) is 84.1 Å². The van der Waals surface area contributed by atoms with Crippen molar-refractivity contribution in [2.45, 2.75) is 77.9 Å². The molecule has 0 aromatic heterocycles. The van der Waals surface area contributed by atoms with Gasteiger partial charge in [-0.2, -0.15) is 0 Å². The van der Waals surface area contributed by atoms with Gasteiger partial charge in [0, 0.05) is 34.7 Å². The fraction of sp³-hybridized carbons (Fsp3) is 0.375. The van der Waals surface area contributed by atoms with Gasteiger partial charge in [0.05, 0.1) is 29.6 Å². The summed E-state index contributed by atoms with van der Waals surface area (Å²) in [7, 11) is -2.07. The molecule has 3 aromatic carbocycles. The van der Waals surface area contributed by atoms with E-state index in [0.29, 0.717) is 28.0 Å². The van der Waals surface area contributed by atoms with E-state index in [4.69, 9.17) is 13.9 Å². The van der Waals surface area contributed by atoms with Crippen LogP contribution in [0.2, 0.25) is 18.1 Å². The molecular formula is C40H41F3N2O9Si. The van der Waals surface area contributed by atoms with Crippen molar-refractivity contribution >= 4 is 31.7 Å². The van der Waals surface area contributed by atoms with E-state index >= 15 is 0 Å². The lowest BCUT2D eigenvalue weighted by atomic mass is 9.77. The number of non-ortho nitro benzene ring substituents is 1. The van der Waals surface area contributed by atoms with Crippen molar-refractivity contribution in [2.75, 3.05) is 6.61 Å². The average Bonchev–Trinajstić information content (AvgIpc) is 3.58. The molecule has 1 amide bonds. The Morgan fingerprint density at radius 1 is 1.00 bits per heavy atom. The molecule has 15 heteroatoms.